The molecule has 7 heteroatoms. The Balaban J connectivity index is 1.92. The highest BCUT2D eigenvalue weighted by atomic mass is 19.1. The number of hydrogen-bond acceptors (Lipinski definition) is 5. The smallest absolute Gasteiger partial charge is 0.248 e. The van der Waals surface area contributed by atoms with Gasteiger partial charge in [0, 0.05) is 56.9 Å². The molecule has 2 heterocycles. The Labute approximate surface area is 178 Å². The molecular formula is C23H31FN4O2. The number of rotatable bonds is 7. The Kier molecular flexibility index (Phi) is 7.37. The summed E-state index contributed by atoms with van der Waals surface area (Å²) < 4.78 is 18.3. The second-order valence-electron chi connectivity index (χ2n) is 7.94. The van der Waals surface area contributed by atoms with Crippen LogP contribution in [0.1, 0.15) is 49.3 Å². The summed E-state index contributed by atoms with van der Waals surface area (Å²) in [4.78, 5) is 26.0. The van der Waals surface area contributed by atoms with E-state index in [1.165, 1.54) is 19.2 Å². The van der Waals surface area contributed by atoms with Crippen LogP contribution in [0.25, 0.3) is 0 Å². The van der Waals surface area contributed by atoms with E-state index in [-0.39, 0.29) is 24.2 Å². The first kappa shape index (κ1) is 22.2. The molecule has 0 atom stereocenters. The quantitative estimate of drug-likeness (QED) is 0.696. The van der Waals surface area contributed by atoms with Gasteiger partial charge in [0.2, 0.25) is 5.91 Å². The van der Waals surface area contributed by atoms with Crippen LogP contribution >= 0.6 is 0 Å². The number of carbonyl (C=O) groups excluding carboxylic acids is 1. The highest BCUT2D eigenvalue weighted by Gasteiger charge is 2.25. The van der Waals surface area contributed by atoms with Crippen molar-refractivity contribution in [3.63, 3.8) is 0 Å². The summed E-state index contributed by atoms with van der Waals surface area (Å²) in [5.41, 5.74) is 3.15. The number of hydrogen-bond donors (Lipinski definition) is 0. The summed E-state index contributed by atoms with van der Waals surface area (Å²) in [6, 6.07) is 6.61. The lowest BCUT2D eigenvalue weighted by Crippen LogP contribution is -2.50. The van der Waals surface area contributed by atoms with Gasteiger partial charge in [-0.05, 0) is 24.1 Å². The van der Waals surface area contributed by atoms with Crippen molar-refractivity contribution in [2.75, 3.05) is 44.8 Å². The third-order valence-electron chi connectivity index (χ3n) is 5.43. The van der Waals surface area contributed by atoms with Gasteiger partial charge in [0.15, 0.2) is 0 Å². The molecule has 0 N–H and O–H groups in total. The number of aryl methyl sites for hydroxylation is 1. The summed E-state index contributed by atoms with van der Waals surface area (Å²) in [5, 5.41) is 0. The number of benzene rings is 1. The van der Waals surface area contributed by atoms with Gasteiger partial charge in [-0.2, -0.15) is 0 Å². The van der Waals surface area contributed by atoms with Crippen molar-refractivity contribution in [3.05, 3.63) is 52.7 Å². The number of halogens is 1. The van der Waals surface area contributed by atoms with E-state index in [0.717, 1.165) is 34.9 Å². The number of methoxy groups -OCH3 is 1. The number of amides is 1. The molecule has 0 radical (unpaired) electrons. The van der Waals surface area contributed by atoms with Gasteiger partial charge in [-0.3, -0.25) is 4.79 Å². The number of aromatic nitrogens is 2. The third kappa shape index (κ3) is 5.14. The maximum Gasteiger partial charge on any atom is 0.248 e. The first-order valence-electron chi connectivity index (χ1n) is 10.6. The Bertz CT molecular complexity index is 862. The molecular weight excluding hydrogens is 383 g/mol. The lowest BCUT2D eigenvalue weighted by Gasteiger charge is -2.36. The van der Waals surface area contributed by atoms with E-state index in [2.05, 4.69) is 25.7 Å². The van der Waals surface area contributed by atoms with Crippen LogP contribution in [-0.4, -0.2) is 60.7 Å². The predicted octanol–water partition coefficient (Wildman–Crippen LogP) is 3.19. The molecule has 0 spiro atoms. The van der Waals surface area contributed by atoms with Crippen molar-refractivity contribution >= 4 is 11.7 Å². The lowest BCUT2D eigenvalue weighted by molar-refractivity contribution is -0.135. The minimum atomic E-state index is -0.238. The largest absolute Gasteiger partial charge is 0.375 e. The highest BCUT2D eigenvalue weighted by molar-refractivity contribution is 5.77. The topological polar surface area (TPSA) is 58.6 Å². The number of piperazine rings is 1. The Morgan fingerprint density at radius 3 is 2.37 bits per heavy atom. The summed E-state index contributed by atoms with van der Waals surface area (Å²) in [7, 11) is 1.54. The first-order valence-corrected chi connectivity index (χ1v) is 10.6. The van der Waals surface area contributed by atoms with E-state index < -0.39 is 0 Å². The van der Waals surface area contributed by atoms with Crippen LogP contribution < -0.4 is 4.90 Å². The maximum atomic E-state index is 13.4. The molecule has 162 valence electrons. The fourth-order valence-corrected chi connectivity index (χ4v) is 3.72. The van der Waals surface area contributed by atoms with Crippen molar-refractivity contribution < 1.29 is 13.9 Å². The fourth-order valence-electron chi connectivity index (χ4n) is 3.72. The molecule has 30 heavy (non-hydrogen) atoms. The van der Waals surface area contributed by atoms with Crippen LogP contribution in [0.3, 0.4) is 0 Å². The van der Waals surface area contributed by atoms with E-state index in [4.69, 9.17) is 14.7 Å². The molecule has 0 bridgehead atoms. The normalized spacial score (nSPS) is 14.5. The number of ether oxygens (including phenoxy) is 1. The summed E-state index contributed by atoms with van der Waals surface area (Å²) in [6.45, 7) is 9.11. The van der Waals surface area contributed by atoms with Crippen molar-refractivity contribution in [2.45, 2.75) is 39.5 Å². The molecule has 0 unspecified atom stereocenters. The molecule has 0 aliphatic carbocycles. The van der Waals surface area contributed by atoms with Gasteiger partial charge in [0.1, 0.15) is 24.1 Å². The maximum absolute atomic E-state index is 13.4. The molecule has 2 aromatic rings. The van der Waals surface area contributed by atoms with E-state index in [1.807, 2.05) is 17.0 Å². The zero-order chi connectivity index (χ0) is 21.7. The molecule has 1 fully saturated rings. The lowest BCUT2D eigenvalue weighted by atomic mass is 10.0. The van der Waals surface area contributed by atoms with Gasteiger partial charge >= 0.3 is 0 Å². The van der Waals surface area contributed by atoms with E-state index in [1.54, 1.807) is 0 Å². The molecule has 1 aliphatic rings. The van der Waals surface area contributed by atoms with Crippen molar-refractivity contribution in [3.8, 4) is 0 Å². The molecule has 1 aliphatic heterocycles. The zero-order valence-corrected chi connectivity index (χ0v) is 18.3. The van der Waals surface area contributed by atoms with Crippen molar-refractivity contribution in [1.29, 1.82) is 0 Å². The molecule has 0 saturated carbocycles. The van der Waals surface area contributed by atoms with Gasteiger partial charge in [0.25, 0.3) is 0 Å². The average Bonchev–Trinajstić information content (AvgIpc) is 2.75. The van der Waals surface area contributed by atoms with Crippen LogP contribution in [0.4, 0.5) is 10.2 Å². The zero-order valence-electron chi connectivity index (χ0n) is 18.3. The van der Waals surface area contributed by atoms with Crippen molar-refractivity contribution in [2.24, 2.45) is 0 Å². The Morgan fingerprint density at radius 1 is 1.13 bits per heavy atom. The van der Waals surface area contributed by atoms with Gasteiger partial charge in [0.05, 0.1) is 0 Å². The molecule has 1 saturated heterocycles. The van der Waals surface area contributed by atoms with E-state index in [9.17, 15) is 9.18 Å². The molecule has 1 amide bonds. The standard InChI is InChI=1S/C23H31FN4O2/c1-5-20-19(14-17-6-8-18(24)9-7-17)23(26-22(25-20)16(2)3)28-12-10-27(11-13-28)21(29)15-30-4/h6-9,16H,5,10-15H2,1-4H3. The monoisotopic (exact) mass is 414 g/mol. The first-order chi connectivity index (χ1) is 14.4. The summed E-state index contributed by atoms with van der Waals surface area (Å²) in [5.74, 6) is 1.77. The fraction of sp³-hybridized carbons (Fsp3) is 0.522. The highest BCUT2D eigenvalue weighted by Crippen LogP contribution is 2.28. The Hall–Kier alpha value is -2.54. The second-order valence-corrected chi connectivity index (χ2v) is 7.94. The summed E-state index contributed by atoms with van der Waals surface area (Å²) in [6.07, 6.45) is 1.46. The average molecular weight is 415 g/mol. The molecule has 1 aromatic heterocycles. The number of carbonyl (C=O) groups is 1. The van der Waals surface area contributed by atoms with E-state index in [0.29, 0.717) is 32.6 Å². The van der Waals surface area contributed by atoms with E-state index >= 15 is 0 Å². The number of nitrogens with zero attached hydrogens (tertiary/aromatic N) is 4. The van der Waals surface area contributed by atoms with Crippen LogP contribution in [0, 0.1) is 5.82 Å². The van der Waals surface area contributed by atoms with Crippen LogP contribution in [0.5, 0.6) is 0 Å². The van der Waals surface area contributed by atoms with Crippen LogP contribution in [0.2, 0.25) is 0 Å². The molecule has 1 aromatic carbocycles. The minimum Gasteiger partial charge on any atom is -0.375 e. The third-order valence-corrected chi connectivity index (χ3v) is 5.43. The van der Waals surface area contributed by atoms with Gasteiger partial charge in [-0.1, -0.05) is 32.9 Å². The predicted molar refractivity (Wildman–Crippen MR) is 115 cm³/mol. The Morgan fingerprint density at radius 2 is 1.80 bits per heavy atom. The van der Waals surface area contributed by atoms with Crippen molar-refractivity contribution in [1.82, 2.24) is 14.9 Å². The van der Waals surface area contributed by atoms with Crippen LogP contribution in [-0.2, 0) is 22.4 Å². The van der Waals surface area contributed by atoms with Gasteiger partial charge in [-0.25, -0.2) is 14.4 Å². The second kappa shape index (κ2) is 9.98. The van der Waals surface area contributed by atoms with Crippen LogP contribution in [0.15, 0.2) is 24.3 Å². The van der Waals surface area contributed by atoms with Gasteiger partial charge < -0.3 is 14.5 Å². The summed E-state index contributed by atoms with van der Waals surface area (Å²) >= 11 is 0. The number of anilines is 1. The minimum absolute atomic E-state index is 0.0171. The molecule has 3 rings (SSSR count). The van der Waals surface area contributed by atoms with Gasteiger partial charge in [-0.15, -0.1) is 0 Å². The molecule has 6 nitrogen and oxygen atoms in total. The SMILES string of the molecule is CCc1nc(C(C)C)nc(N2CCN(C(=O)COC)CC2)c1Cc1ccc(F)cc1.